The van der Waals surface area contributed by atoms with Crippen LogP contribution in [0.25, 0.3) is 0 Å². The number of rotatable bonds is 9. The van der Waals surface area contributed by atoms with Crippen molar-refractivity contribution in [3.8, 4) is 5.92 Å². The molecule has 0 saturated heterocycles. The molecule has 0 aliphatic heterocycles. The third-order valence-electron chi connectivity index (χ3n) is 1.84. The van der Waals surface area contributed by atoms with E-state index in [4.69, 9.17) is 25.4 Å². The second-order valence-corrected chi connectivity index (χ2v) is 2.90. The average Bonchev–Trinajstić information content (AvgIpc) is 2.28. The smallest absolute Gasteiger partial charge is 0.688 e. The molecule has 0 aromatic rings. The molecule has 0 aliphatic rings. The summed E-state index contributed by atoms with van der Waals surface area (Å²) in [6.45, 7) is 9.02. The van der Waals surface area contributed by atoms with Crippen LogP contribution in [0.5, 0.6) is 0 Å². The van der Waals surface area contributed by atoms with Crippen LogP contribution in [-0.4, -0.2) is 38.5 Å². The topological polar surface area (TPSA) is 36.9 Å². The second kappa shape index (κ2) is 11.1. The monoisotopic (exact) mass is 236 g/mol. The summed E-state index contributed by atoms with van der Waals surface area (Å²) < 4.78 is 21.6. The molecule has 17 heavy (non-hydrogen) atoms. The molecule has 0 saturated carbocycles. The second-order valence-electron chi connectivity index (χ2n) is 2.90. The van der Waals surface area contributed by atoms with E-state index in [1.54, 1.807) is 0 Å². The summed E-state index contributed by atoms with van der Waals surface area (Å²) in [6.07, 6.45) is 6.58. The molecule has 0 radical (unpaired) electrons. The first-order valence-electron chi connectivity index (χ1n) is 5.65. The maximum Gasteiger partial charge on any atom is 1.00 e. The van der Waals surface area contributed by atoms with Crippen molar-refractivity contribution < 1.29 is 37.8 Å². The van der Waals surface area contributed by atoms with Crippen LogP contribution in [0.4, 0.5) is 0 Å². The molecule has 0 spiro atoms. The molecule has 0 rings (SSSR count). The van der Waals surface area contributed by atoms with E-state index in [1.807, 2.05) is 27.7 Å². The van der Waals surface area contributed by atoms with Crippen molar-refractivity contribution in [2.45, 2.75) is 39.8 Å². The van der Waals surface area contributed by atoms with Crippen molar-refractivity contribution in [3.05, 3.63) is 6.42 Å². The summed E-state index contributed by atoms with van der Waals surface area (Å²) in [4.78, 5) is 0. The first kappa shape index (κ1) is 19.3. The van der Waals surface area contributed by atoms with Crippen LogP contribution in [-0.2, 0) is 18.9 Å². The Kier molecular flexibility index (Phi) is 12.6. The van der Waals surface area contributed by atoms with E-state index in [9.17, 15) is 0 Å². The van der Waals surface area contributed by atoms with Gasteiger partial charge in [-0.05, 0) is 27.7 Å². The zero-order chi connectivity index (χ0) is 12.4. The van der Waals surface area contributed by atoms with Crippen molar-refractivity contribution in [1.82, 2.24) is 0 Å². The molecule has 0 amide bonds. The van der Waals surface area contributed by atoms with Gasteiger partial charge in [0.15, 0.2) is 0 Å². The summed E-state index contributed by atoms with van der Waals surface area (Å²) in [5, 5.41) is 0. The van der Waals surface area contributed by atoms with Crippen LogP contribution in [0.3, 0.4) is 0 Å². The Labute approximate surface area is 117 Å². The van der Waals surface area contributed by atoms with Gasteiger partial charge in [-0.25, -0.2) is 0 Å². The molecule has 4 nitrogen and oxygen atoms in total. The zero-order valence-electron chi connectivity index (χ0n) is 11.5. The fourth-order valence-electron chi connectivity index (χ4n) is 1.31. The maximum atomic E-state index is 7.34. The molecule has 0 atom stereocenters. The third kappa shape index (κ3) is 5.93. The molecular formula is C12H21LiO4. The summed E-state index contributed by atoms with van der Waals surface area (Å²) in [6, 6.07) is 0. The molecule has 0 heterocycles. The Morgan fingerprint density at radius 1 is 0.941 bits per heavy atom. The van der Waals surface area contributed by atoms with Gasteiger partial charge in [-0.15, -0.1) is 0 Å². The molecule has 0 fully saturated rings. The normalized spacial score (nSPS) is 11.1. The summed E-state index contributed by atoms with van der Waals surface area (Å²) in [5.41, 5.74) is 0. The van der Waals surface area contributed by atoms with Crippen LogP contribution in [0.15, 0.2) is 0 Å². The van der Waals surface area contributed by atoms with E-state index in [1.165, 1.54) is 0 Å². The van der Waals surface area contributed by atoms with Gasteiger partial charge in [0.1, 0.15) is 0 Å². The quantitative estimate of drug-likeness (QED) is 0.217. The van der Waals surface area contributed by atoms with Crippen LogP contribution in [0, 0.1) is 12.3 Å². The fraction of sp³-hybridized carbons (Fsp3) is 0.833. The molecule has 0 N–H and O–H groups in total. The standard InChI is InChI=1S/C12H21O4.Li/c1-6-12(15-9-4,16-10-5)11(13-7-2)14-8-3;/h11H,7-10H2,2-5H3;/q-1;+1. The van der Waals surface area contributed by atoms with Crippen LogP contribution in [0.1, 0.15) is 27.7 Å². The first-order chi connectivity index (χ1) is 7.70. The third-order valence-corrected chi connectivity index (χ3v) is 1.84. The molecule has 94 valence electrons. The Morgan fingerprint density at radius 3 is 1.59 bits per heavy atom. The van der Waals surface area contributed by atoms with Crippen LogP contribution in [0.2, 0.25) is 0 Å². The first-order valence-corrected chi connectivity index (χ1v) is 5.65. The van der Waals surface area contributed by atoms with Crippen molar-refractivity contribution in [2.75, 3.05) is 26.4 Å². The SMILES string of the molecule is [C-]#CC(OCC)(OCC)C(OCC)OCC.[Li+]. The molecule has 0 bridgehead atoms. The maximum absolute atomic E-state index is 7.34. The minimum absolute atomic E-state index is 0. The average molecular weight is 236 g/mol. The van der Waals surface area contributed by atoms with Crippen LogP contribution < -0.4 is 18.9 Å². The van der Waals surface area contributed by atoms with Gasteiger partial charge in [0, 0.05) is 26.4 Å². The van der Waals surface area contributed by atoms with Crippen molar-refractivity contribution in [3.63, 3.8) is 0 Å². The van der Waals surface area contributed by atoms with Gasteiger partial charge in [0.2, 0.25) is 12.1 Å². The van der Waals surface area contributed by atoms with E-state index < -0.39 is 12.1 Å². The van der Waals surface area contributed by atoms with Crippen LogP contribution >= 0.6 is 0 Å². The van der Waals surface area contributed by atoms with Crippen molar-refractivity contribution in [1.29, 1.82) is 0 Å². The van der Waals surface area contributed by atoms with E-state index >= 15 is 0 Å². The number of hydrogen-bond donors (Lipinski definition) is 0. The Balaban J connectivity index is 0. The summed E-state index contributed by atoms with van der Waals surface area (Å²) in [7, 11) is 0. The van der Waals surface area contributed by atoms with Gasteiger partial charge in [0.05, 0.1) is 0 Å². The predicted octanol–water partition coefficient (Wildman–Crippen LogP) is -1.25. The number of hydrogen-bond acceptors (Lipinski definition) is 4. The molecule has 0 aromatic heterocycles. The van der Waals surface area contributed by atoms with E-state index in [2.05, 4.69) is 5.92 Å². The summed E-state index contributed by atoms with van der Waals surface area (Å²) >= 11 is 0. The van der Waals surface area contributed by atoms with Gasteiger partial charge in [0.25, 0.3) is 0 Å². The Morgan fingerprint density at radius 2 is 1.35 bits per heavy atom. The van der Waals surface area contributed by atoms with Gasteiger partial charge >= 0.3 is 18.9 Å². The van der Waals surface area contributed by atoms with E-state index in [-0.39, 0.29) is 18.9 Å². The molecular weight excluding hydrogens is 215 g/mol. The van der Waals surface area contributed by atoms with E-state index in [0.717, 1.165) is 0 Å². The van der Waals surface area contributed by atoms with Gasteiger partial charge in [-0.1, -0.05) is 0 Å². The molecule has 0 aliphatic carbocycles. The Bertz CT molecular complexity index is 203. The van der Waals surface area contributed by atoms with Crippen molar-refractivity contribution >= 4 is 0 Å². The van der Waals surface area contributed by atoms with E-state index in [0.29, 0.717) is 26.4 Å². The Hall–Kier alpha value is -0.00260. The summed E-state index contributed by atoms with van der Waals surface area (Å²) in [5.74, 6) is 0.877. The minimum atomic E-state index is -1.37. The van der Waals surface area contributed by atoms with Gasteiger partial charge in [-0.3, -0.25) is 5.92 Å². The largest absolute Gasteiger partial charge is 1.00 e. The fourth-order valence-corrected chi connectivity index (χ4v) is 1.31. The zero-order valence-corrected chi connectivity index (χ0v) is 11.5. The predicted molar refractivity (Wildman–Crippen MR) is 60.2 cm³/mol. The minimum Gasteiger partial charge on any atom is -0.688 e. The number of ether oxygens (including phenoxy) is 4. The molecule has 5 heteroatoms. The van der Waals surface area contributed by atoms with Gasteiger partial charge in [-0.2, -0.15) is 0 Å². The molecule has 0 unspecified atom stereocenters. The van der Waals surface area contributed by atoms with Crippen molar-refractivity contribution in [2.24, 2.45) is 0 Å². The van der Waals surface area contributed by atoms with Gasteiger partial charge < -0.3 is 25.4 Å². The molecule has 0 aromatic carbocycles.